The Morgan fingerprint density at radius 2 is 1.97 bits per heavy atom. The highest BCUT2D eigenvalue weighted by Gasteiger charge is 2.30. The average Bonchev–Trinajstić information content (AvgIpc) is 3.46. The summed E-state index contributed by atoms with van der Waals surface area (Å²) in [7, 11) is -1.10. The SMILES string of the molecule is CCOC(=O)C1CCN(Cc2cc(OC)c3c(NS(=O)(=O)c4ccccc4OC)noc3c2)C1. The Hall–Kier alpha value is -3.31. The van der Waals surface area contributed by atoms with Crippen LogP contribution in [-0.2, 0) is 26.1 Å². The van der Waals surface area contributed by atoms with Crippen molar-refractivity contribution in [3.05, 3.63) is 42.0 Å². The quantitative estimate of drug-likeness (QED) is 0.452. The summed E-state index contributed by atoms with van der Waals surface area (Å²) in [5.74, 6) is 0.358. The fourth-order valence-corrected chi connectivity index (χ4v) is 5.30. The minimum Gasteiger partial charge on any atom is -0.496 e. The van der Waals surface area contributed by atoms with E-state index in [0.29, 0.717) is 36.4 Å². The van der Waals surface area contributed by atoms with Crippen LogP contribution in [-0.4, -0.2) is 58.4 Å². The van der Waals surface area contributed by atoms with Crippen molar-refractivity contribution in [2.24, 2.45) is 5.92 Å². The largest absolute Gasteiger partial charge is 0.496 e. The topological polar surface area (TPSA) is 120 Å². The number of carbonyl (C=O) groups excluding carboxylic acids is 1. The molecule has 1 unspecified atom stereocenters. The molecule has 1 atom stereocenters. The predicted octanol–water partition coefficient (Wildman–Crippen LogP) is 3.03. The molecule has 11 heteroatoms. The maximum atomic E-state index is 13.0. The van der Waals surface area contributed by atoms with Crippen molar-refractivity contribution >= 4 is 32.8 Å². The summed E-state index contributed by atoms with van der Waals surface area (Å²) in [6.07, 6.45) is 0.745. The first-order valence-electron chi connectivity index (χ1n) is 10.9. The smallest absolute Gasteiger partial charge is 0.310 e. The van der Waals surface area contributed by atoms with E-state index in [0.717, 1.165) is 18.5 Å². The molecular formula is C23H27N3O7S. The third kappa shape index (κ3) is 4.80. The molecule has 2 heterocycles. The summed E-state index contributed by atoms with van der Waals surface area (Å²) in [5, 5.41) is 4.35. The Labute approximate surface area is 197 Å². The maximum Gasteiger partial charge on any atom is 0.310 e. The molecule has 0 spiro atoms. The van der Waals surface area contributed by atoms with Gasteiger partial charge in [0.2, 0.25) is 0 Å². The van der Waals surface area contributed by atoms with Crippen molar-refractivity contribution in [3.8, 4) is 11.5 Å². The van der Waals surface area contributed by atoms with E-state index in [-0.39, 0.29) is 28.4 Å². The van der Waals surface area contributed by atoms with Crippen LogP contribution < -0.4 is 14.2 Å². The summed E-state index contributed by atoms with van der Waals surface area (Å²) in [4.78, 5) is 14.2. The van der Waals surface area contributed by atoms with E-state index < -0.39 is 10.0 Å². The Morgan fingerprint density at radius 1 is 1.21 bits per heavy atom. The van der Waals surface area contributed by atoms with Gasteiger partial charge in [0.15, 0.2) is 11.4 Å². The zero-order chi connectivity index (χ0) is 24.3. The fourth-order valence-electron chi connectivity index (χ4n) is 4.12. The van der Waals surface area contributed by atoms with Crippen LogP contribution >= 0.6 is 0 Å². The van der Waals surface area contributed by atoms with Crippen molar-refractivity contribution in [2.75, 3.05) is 38.6 Å². The molecule has 1 aliphatic rings. The lowest BCUT2D eigenvalue weighted by Crippen LogP contribution is -2.24. The van der Waals surface area contributed by atoms with Gasteiger partial charge in [-0.1, -0.05) is 17.3 Å². The number of fused-ring (bicyclic) bond motifs is 1. The lowest BCUT2D eigenvalue weighted by molar-refractivity contribution is -0.147. The molecule has 0 saturated carbocycles. The average molecular weight is 490 g/mol. The molecule has 1 saturated heterocycles. The van der Waals surface area contributed by atoms with Gasteiger partial charge in [-0.05, 0) is 49.7 Å². The zero-order valence-corrected chi connectivity index (χ0v) is 20.1. The fraction of sp³-hybridized carbons (Fsp3) is 0.391. The molecule has 2 aromatic carbocycles. The van der Waals surface area contributed by atoms with Gasteiger partial charge in [0.05, 0.1) is 26.7 Å². The van der Waals surface area contributed by atoms with Crippen LogP contribution in [0, 0.1) is 5.92 Å². The first kappa shape index (κ1) is 23.8. The van der Waals surface area contributed by atoms with E-state index in [1.807, 2.05) is 6.07 Å². The van der Waals surface area contributed by atoms with Gasteiger partial charge in [-0.15, -0.1) is 0 Å². The number of methoxy groups -OCH3 is 2. The van der Waals surface area contributed by atoms with Crippen LogP contribution in [0.1, 0.15) is 18.9 Å². The highest BCUT2D eigenvalue weighted by molar-refractivity contribution is 7.92. The van der Waals surface area contributed by atoms with Crippen LogP contribution in [0.4, 0.5) is 5.82 Å². The van der Waals surface area contributed by atoms with Crippen LogP contribution in [0.3, 0.4) is 0 Å². The van der Waals surface area contributed by atoms with Gasteiger partial charge in [0, 0.05) is 13.1 Å². The number of para-hydroxylation sites is 1. The van der Waals surface area contributed by atoms with Crippen molar-refractivity contribution in [1.82, 2.24) is 10.1 Å². The first-order valence-corrected chi connectivity index (χ1v) is 12.4. The number of sulfonamides is 1. The zero-order valence-electron chi connectivity index (χ0n) is 19.2. The van der Waals surface area contributed by atoms with E-state index in [1.54, 1.807) is 31.2 Å². The van der Waals surface area contributed by atoms with Crippen LogP contribution in [0.25, 0.3) is 11.0 Å². The number of aromatic nitrogens is 1. The van der Waals surface area contributed by atoms with Gasteiger partial charge < -0.3 is 18.7 Å². The summed E-state index contributed by atoms with van der Waals surface area (Å²) in [6.45, 7) is 4.13. The Balaban J connectivity index is 1.57. The molecule has 3 aromatic rings. The van der Waals surface area contributed by atoms with Crippen LogP contribution in [0.15, 0.2) is 45.8 Å². The molecule has 0 aliphatic carbocycles. The number of likely N-dealkylation sites (tertiary alicyclic amines) is 1. The third-order valence-electron chi connectivity index (χ3n) is 5.71. The first-order chi connectivity index (χ1) is 16.4. The Kier molecular flexibility index (Phi) is 6.94. The molecule has 4 rings (SSSR count). The molecule has 182 valence electrons. The van der Waals surface area contributed by atoms with Gasteiger partial charge in [-0.3, -0.25) is 14.4 Å². The summed E-state index contributed by atoms with van der Waals surface area (Å²) in [5.41, 5.74) is 1.28. The van der Waals surface area contributed by atoms with E-state index in [9.17, 15) is 13.2 Å². The number of benzene rings is 2. The molecule has 1 N–H and O–H groups in total. The number of hydrogen-bond acceptors (Lipinski definition) is 9. The van der Waals surface area contributed by atoms with E-state index in [1.165, 1.54) is 20.3 Å². The van der Waals surface area contributed by atoms with Gasteiger partial charge in [-0.25, -0.2) is 8.42 Å². The van der Waals surface area contributed by atoms with Crippen LogP contribution in [0.2, 0.25) is 0 Å². The predicted molar refractivity (Wildman–Crippen MR) is 124 cm³/mol. The highest BCUT2D eigenvalue weighted by atomic mass is 32.2. The van der Waals surface area contributed by atoms with E-state index in [4.69, 9.17) is 18.7 Å². The van der Waals surface area contributed by atoms with Crippen molar-refractivity contribution in [1.29, 1.82) is 0 Å². The molecule has 0 radical (unpaired) electrons. The molecule has 1 aromatic heterocycles. The minimum atomic E-state index is -4.00. The number of rotatable bonds is 9. The van der Waals surface area contributed by atoms with Gasteiger partial charge in [-0.2, -0.15) is 0 Å². The van der Waals surface area contributed by atoms with Gasteiger partial charge >= 0.3 is 5.97 Å². The monoisotopic (exact) mass is 489 g/mol. The molecule has 0 amide bonds. The van der Waals surface area contributed by atoms with Crippen molar-refractivity contribution in [2.45, 2.75) is 24.8 Å². The highest BCUT2D eigenvalue weighted by Crippen LogP contribution is 2.36. The van der Waals surface area contributed by atoms with Gasteiger partial charge in [0.1, 0.15) is 21.8 Å². The lowest BCUT2D eigenvalue weighted by atomic mass is 10.1. The van der Waals surface area contributed by atoms with E-state index in [2.05, 4.69) is 14.8 Å². The van der Waals surface area contributed by atoms with E-state index >= 15 is 0 Å². The molecule has 1 aliphatic heterocycles. The number of esters is 1. The summed E-state index contributed by atoms with van der Waals surface area (Å²) >= 11 is 0. The number of hydrogen-bond donors (Lipinski definition) is 1. The lowest BCUT2D eigenvalue weighted by Gasteiger charge is -2.16. The molecule has 0 bridgehead atoms. The Bertz CT molecular complexity index is 1290. The summed E-state index contributed by atoms with van der Waals surface area (Å²) in [6, 6.07) is 9.91. The number of nitrogens with zero attached hydrogens (tertiary/aromatic N) is 2. The standard InChI is InChI=1S/C23H27N3O7S/c1-4-32-23(27)16-9-10-26(14-16)13-15-11-18(31-3)21-19(12-15)33-24-22(21)25-34(28,29)20-8-6-5-7-17(20)30-2/h5-8,11-12,16H,4,9-10,13-14H2,1-3H3,(H,24,25). The second-order valence-electron chi connectivity index (χ2n) is 7.93. The second kappa shape index (κ2) is 9.90. The summed E-state index contributed by atoms with van der Waals surface area (Å²) < 4.78 is 49.8. The second-order valence-corrected chi connectivity index (χ2v) is 9.58. The van der Waals surface area contributed by atoms with Crippen molar-refractivity contribution in [3.63, 3.8) is 0 Å². The number of nitrogens with one attached hydrogen (secondary N) is 1. The minimum absolute atomic E-state index is 0.0191. The van der Waals surface area contributed by atoms with Gasteiger partial charge in [0.25, 0.3) is 10.0 Å². The normalized spacial score (nSPS) is 16.5. The molecule has 1 fully saturated rings. The molecular weight excluding hydrogens is 462 g/mol. The Morgan fingerprint density at radius 3 is 2.71 bits per heavy atom. The maximum absolute atomic E-state index is 13.0. The number of carbonyl (C=O) groups is 1. The van der Waals surface area contributed by atoms with Crippen molar-refractivity contribution < 1.29 is 31.9 Å². The molecule has 10 nitrogen and oxygen atoms in total. The number of ether oxygens (including phenoxy) is 3. The number of anilines is 1. The third-order valence-corrected chi connectivity index (χ3v) is 7.08. The van der Waals surface area contributed by atoms with Crippen LogP contribution in [0.5, 0.6) is 11.5 Å². The molecule has 34 heavy (non-hydrogen) atoms.